The predicted molar refractivity (Wildman–Crippen MR) is 71.3 cm³/mol. The highest BCUT2D eigenvalue weighted by atomic mass is 32.2. The van der Waals surface area contributed by atoms with Gasteiger partial charge in [0.05, 0.1) is 0 Å². The zero-order chi connectivity index (χ0) is 12.1. The van der Waals surface area contributed by atoms with E-state index < -0.39 is 6.09 Å². The Morgan fingerprint density at radius 3 is 2.94 bits per heavy atom. The molecule has 1 aliphatic rings. The van der Waals surface area contributed by atoms with Crippen molar-refractivity contribution < 1.29 is 14.3 Å². The molecule has 0 bridgehead atoms. The third kappa shape index (κ3) is 3.90. The topological polar surface area (TPSA) is 47.6 Å². The van der Waals surface area contributed by atoms with Crippen molar-refractivity contribution in [2.24, 2.45) is 0 Å². The third-order valence-electron chi connectivity index (χ3n) is 2.07. The molecule has 1 aromatic rings. The molecule has 1 amide bonds. The number of benzene rings is 1. The fourth-order valence-electron chi connectivity index (χ4n) is 1.29. The fraction of sp³-hybridized carbons (Fsp3) is 0.273. The molecule has 1 N–H and O–H groups in total. The number of hydrogen-bond donors (Lipinski definition) is 1. The molecule has 1 aliphatic heterocycles. The third-order valence-corrected chi connectivity index (χ3v) is 3.39. The predicted octanol–water partition coefficient (Wildman–Crippen LogP) is 2.65. The normalized spacial score (nSPS) is 18.6. The van der Waals surface area contributed by atoms with Gasteiger partial charge in [0.15, 0.2) is 0 Å². The van der Waals surface area contributed by atoms with Gasteiger partial charge in [-0.2, -0.15) is 0 Å². The van der Waals surface area contributed by atoms with Gasteiger partial charge in [-0.25, -0.2) is 4.79 Å². The molecule has 4 nitrogen and oxygen atoms in total. The van der Waals surface area contributed by atoms with Gasteiger partial charge in [-0.1, -0.05) is 30.0 Å². The largest absolute Gasteiger partial charge is 0.471 e. The summed E-state index contributed by atoms with van der Waals surface area (Å²) < 4.78 is 10.8. The molecule has 1 fully saturated rings. The lowest BCUT2D eigenvalue weighted by atomic mass is 10.3. The summed E-state index contributed by atoms with van der Waals surface area (Å²) in [5, 5.41) is 2.62. The lowest BCUT2D eigenvalue weighted by Gasteiger charge is -2.10. The van der Waals surface area contributed by atoms with Crippen LogP contribution in [0.2, 0.25) is 0 Å². The van der Waals surface area contributed by atoms with Gasteiger partial charge in [-0.15, -0.1) is 0 Å². The van der Waals surface area contributed by atoms with Crippen molar-refractivity contribution in [2.45, 2.75) is 6.10 Å². The van der Waals surface area contributed by atoms with Crippen LogP contribution in [0.1, 0.15) is 0 Å². The molecule has 2 rings (SSSR count). The van der Waals surface area contributed by atoms with Crippen LogP contribution in [0.5, 0.6) is 0 Å². The van der Waals surface area contributed by atoms with Crippen molar-refractivity contribution in [1.29, 1.82) is 0 Å². The Hall–Kier alpha value is -1.27. The summed E-state index contributed by atoms with van der Waals surface area (Å²) in [6.45, 7) is 0.214. The maximum atomic E-state index is 11.4. The molecule has 0 saturated carbocycles. The van der Waals surface area contributed by atoms with E-state index >= 15 is 0 Å². The van der Waals surface area contributed by atoms with Crippen LogP contribution in [-0.4, -0.2) is 28.9 Å². The van der Waals surface area contributed by atoms with Crippen LogP contribution in [-0.2, 0) is 9.47 Å². The summed E-state index contributed by atoms with van der Waals surface area (Å²) in [5.41, 5.74) is 0.703. The van der Waals surface area contributed by atoms with Crippen LogP contribution in [0.3, 0.4) is 0 Å². The molecule has 0 radical (unpaired) electrons. The van der Waals surface area contributed by atoms with Gasteiger partial charge >= 0.3 is 6.09 Å². The minimum absolute atomic E-state index is 0.131. The van der Waals surface area contributed by atoms with Crippen LogP contribution in [0.15, 0.2) is 30.3 Å². The van der Waals surface area contributed by atoms with E-state index in [4.69, 9.17) is 21.7 Å². The molecule has 17 heavy (non-hydrogen) atoms. The van der Waals surface area contributed by atoms with Crippen molar-refractivity contribution in [3.8, 4) is 0 Å². The SMILES string of the molecule is O=C(Nc1ccccc1)OCC1CSC(=S)O1. The first-order chi connectivity index (χ1) is 8.24. The van der Waals surface area contributed by atoms with E-state index in [0.29, 0.717) is 10.1 Å². The van der Waals surface area contributed by atoms with E-state index in [9.17, 15) is 4.79 Å². The number of anilines is 1. The number of hydrogen-bond acceptors (Lipinski definition) is 5. The van der Waals surface area contributed by atoms with Gasteiger partial charge in [0.25, 0.3) is 0 Å². The second kappa shape index (κ2) is 5.88. The number of thiocarbonyl (C=S) groups is 1. The van der Waals surface area contributed by atoms with Crippen molar-refractivity contribution in [2.75, 3.05) is 17.7 Å². The first-order valence-corrected chi connectivity index (χ1v) is 6.45. The second-order valence-electron chi connectivity index (χ2n) is 3.39. The van der Waals surface area contributed by atoms with Crippen molar-refractivity contribution in [1.82, 2.24) is 0 Å². The van der Waals surface area contributed by atoms with Crippen LogP contribution in [0, 0.1) is 0 Å². The van der Waals surface area contributed by atoms with Crippen LogP contribution in [0.4, 0.5) is 10.5 Å². The Morgan fingerprint density at radius 1 is 1.53 bits per heavy atom. The zero-order valence-corrected chi connectivity index (χ0v) is 10.6. The number of amides is 1. The highest BCUT2D eigenvalue weighted by molar-refractivity contribution is 8.22. The van der Waals surface area contributed by atoms with E-state index in [-0.39, 0.29) is 12.7 Å². The Bertz CT molecular complexity index is 410. The minimum atomic E-state index is -0.484. The number of thioether (sulfide) groups is 1. The minimum Gasteiger partial charge on any atom is -0.471 e. The first kappa shape index (κ1) is 12.2. The van der Waals surface area contributed by atoms with Crippen LogP contribution < -0.4 is 5.32 Å². The van der Waals surface area contributed by atoms with E-state index in [1.165, 1.54) is 11.8 Å². The molecule has 1 heterocycles. The summed E-state index contributed by atoms with van der Waals surface area (Å²) in [6, 6.07) is 9.13. The van der Waals surface area contributed by atoms with Gasteiger partial charge in [-0.05, 0) is 24.4 Å². The average Bonchev–Trinajstić information content (AvgIpc) is 2.74. The Balaban J connectivity index is 1.73. The van der Waals surface area contributed by atoms with Gasteiger partial charge in [-0.3, -0.25) is 5.32 Å². The molecule has 1 aromatic carbocycles. The number of nitrogens with one attached hydrogen (secondary N) is 1. The standard InChI is InChI=1S/C11H11NO3S2/c13-10(12-8-4-2-1-3-5-8)14-6-9-7-17-11(16)15-9/h1-5,9H,6-7H2,(H,12,13). The number of carbonyl (C=O) groups excluding carboxylic acids is 1. The first-order valence-electron chi connectivity index (χ1n) is 5.06. The molecule has 90 valence electrons. The van der Waals surface area contributed by atoms with Crippen LogP contribution >= 0.6 is 24.0 Å². The molecule has 0 aromatic heterocycles. The highest BCUT2D eigenvalue weighted by Gasteiger charge is 2.22. The van der Waals surface area contributed by atoms with Crippen LogP contribution in [0.25, 0.3) is 0 Å². The second-order valence-corrected chi connectivity index (χ2v) is 5.01. The lowest BCUT2D eigenvalue weighted by Crippen LogP contribution is -2.23. The summed E-state index contributed by atoms with van der Waals surface area (Å²) in [5.74, 6) is 0.734. The molecular formula is C11H11NO3S2. The van der Waals surface area contributed by atoms with Crippen molar-refractivity contribution >= 4 is 40.1 Å². The number of carbonyl (C=O) groups is 1. The molecule has 1 unspecified atom stereocenters. The summed E-state index contributed by atoms with van der Waals surface area (Å²) in [7, 11) is 0. The van der Waals surface area contributed by atoms with E-state index in [0.717, 1.165) is 5.75 Å². The maximum absolute atomic E-state index is 11.4. The number of rotatable bonds is 3. The summed E-state index contributed by atoms with van der Waals surface area (Å²) in [6.07, 6.45) is -0.614. The molecule has 0 spiro atoms. The summed E-state index contributed by atoms with van der Waals surface area (Å²) >= 11 is 6.32. The molecule has 6 heteroatoms. The zero-order valence-electron chi connectivity index (χ0n) is 8.92. The Morgan fingerprint density at radius 2 is 2.29 bits per heavy atom. The molecule has 0 aliphatic carbocycles. The van der Waals surface area contributed by atoms with Gasteiger partial charge in [0, 0.05) is 11.4 Å². The van der Waals surface area contributed by atoms with E-state index in [1.807, 2.05) is 18.2 Å². The maximum Gasteiger partial charge on any atom is 0.411 e. The molecule has 1 atom stereocenters. The molecular weight excluding hydrogens is 258 g/mol. The smallest absolute Gasteiger partial charge is 0.411 e. The van der Waals surface area contributed by atoms with Gasteiger partial charge in [0.1, 0.15) is 12.7 Å². The fourth-order valence-corrected chi connectivity index (χ4v) is 2.32. The van der Waals surface area contributed by atoms with E-state index in [2.05, 4.69) is 5.32 Å². The van der Waals surface area contributed by atoms with Crippen molar-refractivity contribution in [3.63, 3.8) is 0 Å². The lowest BCUT2D eigenvalue weighted by molar-refractivity contribution is 0.103. The number of para-hydroxylation sites is 1. The van der Waals surface area contributed by atoms with Crippen molar-refractivity contribution in [3.05, 3.63) is 30.3 Å². The van der Waals surface area contributed by atoms with E-state index in [1.54, 1.807) is 12.1 Å². The van der Waals surface area contributed by atoms with Gasteiger partial charge in [0.2, 0.25) is 4.38 Å². The Kier molecular flexibility index (Phi) is 4.22. The monoisotopic (exact) mass is 269 g/mol. The highest BCUT2D eigenvalue weighted by Crippen LogP contribution is 2.20. The van der Waals surface area contributed by atoms with Gasteiger partial charge < -0.3 is 9.47 Å². The summed E-state index contributed by atoms with van der Waals surface area (Å²) in [4.78, 5) is 11.4. The average molecular weight is 269 g/mol. The number of ether oxygens (including phenoxy) is 2. The Labute approximate surface area is 109 Å². The quantitative estimate of drug-likeness (QED) is 0.855. The molecule has 1 saturated heterocycles.